The van der Waals surface area contributed by atoms with Crippen LogP contribution in [0.4, 0.5) is 0 Å². The van der Waals surface area contributed by atoms with E-state index in [-0.39, 0.29) is 11.8 Å². The summed E-state index contributed by atoms with van der Waals surface area (Å²) >= 11 is 0. The lowest BCUT2D eigenvalue weighted by Gasteiger charge is -2.27. The van der Waals surface area contributed by atoms with Crippen molar-refractivity contribution in [1.82, 2.24) is 4.90 Å². The summed E-state index contributed by atoms with van der Waals surface area (Å²) in [5.74, 6) is 1.46. The smallest absolute Gasteiger partial charge is 0.222 e. The topological polar surface area (TPSA) is 70.0 Å². The van der Waals surface area contributed by atoms with Crippen LogP contribution in [0, 0.1) is 17.8 Å². The fourth-order valence-corrected chi connectivity index (χ4v) is 4.84. The summed E-state index contributed by atoms with van der Waals surface area (Å²) < 4.78 is 5.19. The molecule has 0 spiro atoms. The molecular formula is C23H33NO4. The summed E-state index contributed by atoms with van der Waals surface area (Å²) in [4.78, 5) is 13.3. The van der Waals surface area contributed by atoms with Gasteiger partial charge in [-0.1, -0.05) is 23.8 Å². The van der Waals surface area contributed by atoms with Crippen LogP contribution < -0.4 is 4.74 Å². The minimum Gasteiger partial charge on any atom is -0.497 e. The van der Waals surface area contributed by atoms with Crippen LogP contribution in [0.5, 0.6) is 5.75 Å². The van der Waals surface area contributed by atoms with Crippen molar-refractivity contribution in [1.29, 1.82) is 0 Å². The third kappa shape index (κ3) is 4.58. The Hall–Kier alpha value is -1.85. The molecule has 0 heterocycles. The van der Waals surface area contributed by atoms with Gasteiger partial charge in [-0.2, -0.15) is 0 Å². The molecule has 0 saturated heterocycles. The number of hydrogen-bond donors (Lipinski definition) is 2. The van der Waals surface area contributed by atoms with E-state index in [9.17, 15) is 15.0 Å². The molecule has 2 aliphatic rings. The van der Waals surface area contributed by atoms with Gasteiger partial charge in [-0.3, -0.25) is 4.79 Å². The van der Waals surface area contributed by atoms with E-state index in [0.717, 1.165) is 43.4 Å². The third-order valence-electron chi connectivity index (χ3n) is 6.41. The number of carbonyl (C=O) groups excluding carboxylic acids is 1. The van der Waals surface area contributed by atoms with Crippen molar-refractivity contribution in [2.45, 2.75) is 50.7 Å². The van der Waals surface area contributed by atoms with Gasteiger partial charge in [0.1, 0.15) is 5.75 Å². The molecule has 5 nitrogen and oxygen atoms in total. The van der Waals surface area contributed by atoms with Crippen molar-refractivity contribution in [3.05, 3.63) is 41.5 Å². The van der Waals surface area contributed by atoms with Crippen LogP contribution in [0.15, 0.2) is 35.9 Å². The van der Waals surface area contributed by atoms with Crippen molar-refractivity contribution in [3.8, 4) is 5.75 Å². The largest absolute Gasteiger partial charge is 0.497 e. The van der Waals surface area contributed by atoms with E-state index in [0.29, 0.717) is 18.3 Å². The molecule has 1 aromatic rings. The van der Waals surface area contributed by atoms with E-state index in [1.165, 1.54) is 5.57 Å². The number of hydrogen-bond acceptors (Lipinski definition) is 4. The number of allylic oxidation sites excluding steroid dienone is 2. The molecule has 5 atom stereocenters. The number of nitrogens with zero attached hydrogens (tertiary/aromatic N) is 1. The first kappa shape index (κ1) is 20.9. The highest BCUT2D eigenvalue weighted by atomic mass is 16.5. The first-order chi connectivity index (χ1) is 13.4. The highest BCUT2D eigenvalue weighted by Gasteiger charge is 2.47. The molecule has 154 valence electrons. The molecular weight excluding hydrogens is 354 g/mol. The van der Waals surface area contributed by atoms with Crippen LogP contribution in [0.1, 0.15) is 50.2 Å². The molecule has 1 aromatic carbocycles. The minimum absolute atomic E-state index is 0.137. The van der Waals surface area contributed by atoms with Gasteiger partial charge in [-0.15, -0.1) is 0 Å². The average molecular weight is 388 g/mol. The zero-order valence-electron chi connectivity index (χ0n) is 17.2. The number of rotatable bonds is 8. The normalized spacial score (nSPS) is 27.2. The zero-order chi connectivity index (χ0) is 20.3. The van der Waals surface area contributed by atoms with Gasteiger partial charge >= 0.3 is 0 Å². The number of aliphatic hydroxyl groups excluding tert-OH is 2. The van der Waals surface area contributed by atoms with Crippen LogP contribution in [0.3, 0.4) is 0 Å². The second-order valence-corrected chi connectivity index (χ2v) is 8.45. The Balaban J connectivity index is 1.55. The molecule has 0 aromatic heterocycles. The molecule has 1 amide bonds. The maximum Gasteiger partial charge on any atom is 0.222 e. The molecule has 1 saturated carbocycles. The average Bonchev–Trinajstić information content (AvgIpc) is 3.20. The number of aliphatic hydroxyl groups is 2. The second-order valence-electron chi connectivity index (χ2n) is 8.45. The van der Waals surface area contributed by atoms with Crippen LogP contribution in [0.25, 0.3) is 0 Å². The lowest BCUT2D eigenvalue weighted by atomic mass is 9.82. The first-order valence-corrected chi connectivity index (χ1v) is 10.3. The van der Waals surface area contributed by atoms with Gasteiger partial charge in [-0.25, -0.2) is 0 Å². The van der Waals surface area contributed by atoms with E-state index < -0.39 is 12.2 Å². The number of unbranched alkanes of at least 4 members (excludes halogenated alkanes) is 1. The van der Waals surface area contributed by atoms with Crippen molar-refractivity contribution < 1.29 is 19.7 Å². The van der Waals surface area contributed by atoms with Crippen molar-refractivity contribution in [2.24, 2.45) is 17.8 Å². The Kier molecular flexibility index (Phi) is 6.78. The van der Waals surface area contributed by atoms with Crippen molar-refractivity contribution in [3.63, 3.8) is 0 Å². The summed E-state index contributed by atoms with van der Waals surface area (Å²) in [6.45, 7) is 0. The maximum atomic E-state index is 11.7. The van der Waals surface area contributed by atoms with Crippen LogP contribution >= 0.6 is 0 Å². The number of carbonyl (C=O) groups is 1. The third-order valence-corrected chi connectivity index (χ3v) is 6.41. The van der Waals surface area contributed by atoms with Crippen molar-refractivity contribution >= 4 is 5.91 Å². The first-order valence-electron chi connectivity index (χ1n) is 10.3. The monoisotopic (exact) mass is 387 g/mol. The molecule has 0 radical (unpaired) electrons. The van der Waals surface area contributed by atoms with E-state index in [1.807, 2.05) is 24.3 Å². The zero-order valence-corrected chi connectivity index (χ0v) is 17.2. The summed E-state index contributed by atoms with van der Waals surface area (Å²) in [7, 11) is 5.21. The van der Waals surface area contributed by atoms with E-state index >= 15 is 0 Å². The van der Waals surface area contributed by atoms with E-state index in [1.54, 1.807) is 26.1 Å². The fourth-order valence-electron chi connectivity index (χ4n) is 4.84. The molecule has 2 aliphatic carbocycles. The van der Waals surface area contributed by atoms with Crippen molar-refractivity contribution in [2.75, 3.05) is 21.2 Å². The SMILES string of the molecule is COc1ccc([C@H](O)[C@@H]2[C@H]3CC(CCCCC(=O)N(C)C)=C[C@H]3C[C@H]2O)cc1. The number of amides is 1. The van der Waals surface area contributed by atoms with Gasteiger partial charge in [-0.05, 0) is 61.6 Å². The van der Waals surface area contributed by atoms with Crippen LogP contribution in [-0.2, 0) is 4.79 Å². The molecule has 0 aliphatic heterocycles. The van der Waals surface area contributed by atoms with Gasteiger partial charge in [0.15, 0.2) is 0 Å². The highest BCUT2D eigenvalue weighted by Crippen LogP contribution is 2.51. The molecule has 0 bridgehead atoms. The number of benzene rings is 1. The summed E-state index contributed by atoms with van der Waals surface area (Å²) in [6.07, 6.45) is 6.39. The lowest BCUT2D eigenvalue weighted by molar-refractivity contribution is -0.128. The number of ether oxygens (including phenoxy) is 1. The molecule has 28 heavy (non-hydrogen) atoms. The van der Waals surface area contributed by atoms with Gasteiger partial charge in [0.25, 0.3) is 0 Å². The predicted octanol–water partition coefficient (Wildman–Crippen LogP) is 3.32. The molecule has 0 unspecified atom stereocenters. The Bertz CT molecular complexity index is 697. The van der Waals surface area contributed by atoms with Crippen LogP contribution in [0.2, 0.25) is 0 Å². The Morgan fingerprint density at radius 1 is 1.25 bits per heavy atom. The Morgan fingerprint density at radius 2 is 1.96 bits per heavy atom. The second kappa shape index (κ2) is 9.10. The Labute approximate surface area is 168 Å². The summed E-state index contributed by atoms with van der Waals surface area (Å²) in [5, 5.41) is 21.5. The summed E-state index contributed by atoms with van der Waals surface area (Å²) in [6, 6.07) is 7.47. The van der Waals surface area contributed by atoms with E-state index in [4.69, 9.17) is 4.74 Å². The standard InChI is InChI=1S/C23H33NO4/c1-24(2)21(26)7-5-4-6-15-12-17-14-20(25)22(19(17)13-15)23(27)16-8-10-18(28-3)11-9-16/h8-12,17,19-20,22-23,25,27H,4-7,13-14H2,1-3H3/t17-,19-,20+,22+,23-/m0/s1. The number of methoxy groups -OCH3 is 1. The van der Waals surface area contributed by atoms with Gasteiger partial charge < -0.3 is 19.8 Å². The molecule has 3 rings (SSSR count). The van der Waals surface area contributed by atoms with Gasteiger partial charge in [0.05, 0.1) is 19.3 Å². The molecule has 5 heteroatoms. The van der Waals surface area contributed by atoms with Gasteiger partial charge in [0.2, 0.25) is 5.91 Å². The molecule has 2 N–H and O–H groups in total. The predicted molar refractivity (Wildman–Crippen MR) is 109 cm³/mol. The summed E-state index contributed by atoms with van der Waals surface area (Å²) in [5.41, 5.74) is 2.26. The number of fused-ring (bicyclic) bond motifs is 1. The van der Waals surface area contributed by atoms with Gasteiger partial charge in [0, 0.05) is 26.4 Å². The fraction of sp³-hybridized carbons (Fsp3) is 0.609. The Morgan fingerprint density at radius 3 is 2.61 bits per heavy atom. The lowest BCUT2D eigenvalue weighted by Crippen LogP contribution is -2.26. The minimum atomic E-state index is -0.665. The quantitative estimate of drug-likeness (QED) is 0.530. The highest BCUT2D eigenvalue weighted by molar-refractivity contribution is 5.75. The maximum absolute atomic E-state index is 11.7. The van der Waals surface area contributed by atoms with Crippen LogP contribution in [-0.4, -0.2) is 48.3 Å². The van der Waals surface area contributed by atoms with E-state index in [2.05, 4.69) is 6.08 Å². The molecule has 1 fully saturated rings.